The number of carboxylic acids is 1. The lowest BCUT2D eigenvalue weighted by Crippen LogP contribution is -2.48. The van der Waals surface area contributed by atoms with Gasteiger partial charge in [0.15, 0.2) is 0 Å². The largest absolute Gasteiger partial charge is 0.480 e. The molecule has 1 fully saturated rings. The molecule has 104 valence electrons. The number of aromatic nitrogens is 2. The summed E-state index contributed by atoms with van der Waals surface area (Å²) in [5.74, 6) is -1.16. The van der Waals surface area contributed by atoms with Crippen molar-refractivity contribution in [2.45, 2.75) is 45.1 Å². The number of carbonyl (C=O) groups is 2. The second kappa shape index (κ2) is 6.10. The van der Waals surface area contributed by atoms with Gasteiger partial charge < -0.3 is 10.0 Å². The Morgan fingerprint density at radius 2 is 2.26 bits per heavy atom. The summed E-state index contributed by atoms with van der Waals surface area (Å²) >= 11 is 1.06. The standard InChI is InChI=1S/C12H17N3O3S/c1-2-5-8-10(19-14-13-8)11(16)15-7-4-3-6-9(15)12(17)18/h9H,2-7H2,1H3,(H,17,18)/t9-/m1/s1. The first kappa shape index (κ1) is 13.9. The number of carboxylic acid groups (broad SMARTS) is 1. The van der Waals surface area contributed by atoms with Crippen molar-refractivity contribution >= 4 is 23.4 Å². The lowest BCUT2D eigenvalue weighted by molar-refractivity contribution is -0.143. The van der Waals surface area contributed by atoms with E-state index in [9.17, 15) is 14.7 Å². The molecule has 0 spiro atoms. The first-order valence-electron chi connectivity index (χ1n) is 6.50. The number of carbonyl (C=O) groups excluding carboxylic acids is 1. The van der Waals surface area contributed by atoms with Crippen LogP contribution in [0.4, 0.5) is 0 Å². The van der Waals surface area contributed by atoms with Crippen LogP contribution in [0.2, 0.25) is 0 Å². The van der Waals surface area contributed by atoms with Crippen molar-refractivity contribution < 1.29 is 14.7 Å². The van der Waals surface area contributed by atoms with E-state index in [1.165, 1.54) is 4.90 Å². The molecule has 1 aliphatic heterocycles. The van der Waals surface area contributed by atoms with E-state index in [1.807, 2.05) is 6.92 Å². The fourth-order valence-electron chi connectivity index (χ4n) is 2.33. The van der Waals surface area contributed by atoms with Crippen LogP contribution in [0.25, 0.3) is 0 Å². The molecular weight excluding hydrogens is 266 g/mol. The Morgan fingerprint density at radius 3 is 2.95 bits per heavy atom. The summed E-state index contributed by atoms with van der Waals surface area (Å²) in [6, 6.07) is -0.710. The van der Waals surface area contributed by atoms with Gasteiger partial charge >= 0.3 is 5.97 Å². The van der Waals surface area contributed by atoms with Crippen LogP contribution in [0, 0.1) is 0 Å². The zero-order valence-corrected chi connectivity index (χ0v) is 11.7. The number of rotatable bonds is 4. The highest BCUT2D eigenvalue weighted by atomic mass is 32.1. The molecule has 1 atom stereocenters. The predicted molar refractivity (Wildman–Crippen MR) is 70.2 cm³/mol. The Morgan fingerprint density at radius 1 is 1.47 bits per heavy atom. The number of aliphatic carboxylic acids is 1. The molecule has 1 aliphatic rings. The zero-order valence-electron chi connectivity index (χ0n) is 10.8. The van der Waals surface area contributed by atoms with Crippen molar-refractivity contribution in [1.29, 1.82) is 0 Å². The van der Waals surface area contributed by atoms with Crippen LogP contribution in [0.1, 0.15) is 48.0 Å². The molecule has 0 aliphatic carbocycles. The molecule has 6 nitrogen and oxygen atoms in total. The first-order valence-corrected chi connectivity index (χ1v) is 7.27. The molecule has 0 aromatic carbocycles. The van der Waals surface area contributed by atoms with Gasteiger partial charge in [-0.2, -0.15) is 0 Å². The van der Waals surface area contributed by atoms with Gasteiger partial charge in [0.05, 0.1) is 5.69 Å². The third-order valence-corrected chi connectivity index (χ3v) is 4.04. The highest BCUT2D eigenvalue weighted by molar-refractivity contribution is 7.08. The summed E-state index contributed by atoms with van der Waals surface area (Å²) in [7, 11) is 0. The van der Waals surface area contributed by atoms with Crippen molar-refractivity contribution in [2.24, 2.45) is 0 Å². The number of nitrogens with zero attached hydrogens (tertiary/aromatic N) is 3. The Balaban J connectivity index is 2.21. The summed E-state index contributed by atoms with van der Waals surface area (Å²) in [5.41, 5.74) is 0.687. The monoisotopic (exact) mass is 283 g/mol. The average Bonchev–Trinajstić information content (AvgIpc) is 2.86. The highest BCUT2D eigenvalue weighted by Crippen LogP contribution is 2.23. The summed E-state index contributed by atoms with van der Waals surface area (Å²) in [5, 5.41) is 13.2. The Kier molecular flexibility index (Phi) is 4.47. The zero-order chi connectivity index (χ0) is 13.8. The van der Waals surface area contributed by atoms with E-state index in [-0.39, 0.29) is 5.91 Å². The van der Waals surface area contributed by atoms with Gasteiger partial charge in [-0.15, -0.1) is 5.10 Å². The van der Waals surface area contributed by atoms with Gasteiger partial charge in [-0.25, -0.2) is 4.79 Å². The maximum absolute atomic E-state index is 12.5. The molecular formula is C12H17N3O3S. The van der Waals surface area contributed by atoms with E-state index < -0.39 is 12.0 Å². The van der Waals surface area contributed by atoms with Crippen LogP contribution >= 0.6 is 11.5 Å². The molecule has 1 amide bonds. The van der Waals surface area contributed by atoms with Crippen molar-refractivity contribution in [3.8, 4) is 0 Å². The first-order chi connectivity index (χ1) is 9.15. The minimum Gasteiger partial charge on any atom is -0.480 e. The predicted octanol–water partition coefficient (Wildman–Crippen LogP) is 1.57. The van der Waals surface area contributed by atoms with Gasteiger partial charge in [0.1, 0.15) is 10.9 Å². The van der Waals surface area contributed by atoms with E-state index in [0.29, 0.717) is 30.0 Å². The molecule has 2 heterocycles. The molecule has 0 unspecified atom stereocenters. The van der Waals surface area contributed by atoms with Crippen molar-refractivity contribution in [3.05, 3.63) is 10.6 Å². The van der Waals surface area contributed by atoms with Crippen LogP contribution in [0.3, 0.4) is 0 Å². The van der Waals surface area contributed by atoms with Gasteiger partial charge in [0.25, 0.3) is 5.91 Å². The topological polar surface area (TPSA) is 83.4 Å². The second-order valence-corrected chi connectivity index (χ2v) is 5.40. The smallest absolute Gasteiger partial charge is 0.326 e. The maximum Gasteiger partial charge on any atom is 0.326 e. The molecule has 7 heteroatoms. The highest BCUT2D eigenvalue weighted by Gasteiger charge is 2.34. The fourth-order valence-corrected chi connectivity index (χ4v) is 3.00. The van der Waals surface area contributed by atoms with Gasteiger partial charge in [-0.05, 0) is 37.2 Å². The van der Waals surface area contributed by atoms with Crippen LogP contribution in [0.5, 0.6) is 0 Å². The van der Waals surface area contributed by atoms with Gasteiger partial charge in [0.2, 0.25) is 0 Å². The molecule has 2 rings (SSSR count). The molecule has 1 aromatic heterocycles. The van der Waals surface area contributed by atoms with Crippen LogP contribution in [0.15, 0.2) is 0 Å². The third-order valence-electron chi connectivity index (χ3n) is 3.29. The Labute approximate surface area is 115 Å². The molecule has 19 heavy (non-hydrogen) atoms. The second-order valence-electron chi connectivity index (χ2n) is 4.65. The van der Waals surface area contributed by atoms with E-state index in [1.54, 1.807) is 0 Å². The quantitative estimate of drug-likeness (QED) is 0.906. The number of amides is 1. The maximum atomic E-state index is 12.5. The normalized spacial score (nSPS) is 19.4. The van der Waals surface area contributed by atoms with Crippen molar-refractivity contribution in [1.82, 2.24) is 14.5 Å². The van der Waals surface area contributed by atoms with Gasteiger partial charge in [-0.3, -0.25) is 4.79 Å². The summed E-state index contributed by atoms with van der Waals surface area (Å²) in [6.45, 7) is 2.51. The average molecular weight is 283 g/mol. The number of piperidine rings is 1. The summed E-state index contributed by atoms with van der Waals surface area (Å²) in [4.78, 5) is 25.6. The van der Waals surface area contributed by atoms with Crippen molar-refractivity contribution in [3.63, 3.8) is 0 Å². The van der Waals surface area contributed by atoms with Crippen LogP contribution < -0.4 is 0 Å². The van der Waals surface area contributed by atoms with E-state index in [0.717, 1.165) is 30.8 Å². The lowest BCUT2D eigenvalue weighted by Gasteiger charge is -2.32. The van der Waals surface area contributed by atoms with E-state index in [2.05, 4.69) is 9.59 Å². The lowest BCUT2D eigenvalue weighted by atomic mass is 10.0. The van der Waals surface area contributed by atoms with Gasteiger partial charge in [0, 0.05) is 6.54 Å². The number of likely N-dealkylation sites (tertiary alicyclic amines) is 1. The SMILES string of the molecule is CCCc1nnsc1C(=O)N1CCCC[C@@H]1C(=O)O. The minimum atomic E-state index is -0.928. The van der Waals surface area contributed by atoms with Crippen LogP contribution in [-0.4, -0.2) is 44.1 Å². The van der Waals surface area contributed by atoms with Crippen LogP contribution in [-0.2, 0) is 11.2 Å². The van der Waals surface area contributed by atoms with E-state index in [4.69, 9.17) is 0 Å². The third kappa shape index (κ3) is 2.91. The molecule has 1 N–H and O–H groups in total. The number of hydrogen-bond acceptors (Lipinski definition) is 5. The number of hydrogen-bond donors (Lipinski definition) is 1. The van der Waals surface area contributed by atoms with Crippen molar-refractivity contribution in [2.75, 3.05) is 6.54 Å². The summed E-state index contributed by atoms with van der Waals surface area (Å²) < 4.78 is 3.82. The molecule has 0 saturated carbocycles. The van der Waals surface area contributed by atoms with Gasteiger partial charge in [-0.1, -0.05) is 17.8 Å². The molecule has 1 saturated heterocycles. The molecule has 0 bridgehead atoms. The molecule has 0 radical (unpaired) electrons. The Bertz CT molecular complexity index is 475. The minimum absolute atomic E-state index is 0.231. The molecule has 1 aromatic rings. The fraction of sp³-hybridized carbons (Fsp3) is 0.667. The van der Waals surface area contributed by atoms with E-state index >= 15 is 0 Å². The summed E-state index contributed by atoms with van der Waals surface area (Å²) in [6.07, 6.45) is 3.81. The Hall–Kier alpha value is -1.50. The number of aryl methyl sites for hydroxylation is 1.